The summed E-state index contributed by atoms with van der Waals surface area (Å²) in [7, 11) is 0. The molecular weight excluding hydrogens is 386 g/mol. The lowest BCUT2D eigenvalue weighted by Crippen LogP contribution is -2.46. The molecule has 0 aromatic heterocycles. The van der Waals surface area contributed by atoms with Crippen molar-refractivity contribution in [2.24, 2.45) is 5.92 Å². The number of nitrogens with one attached hydrogen (secondary N) is 2. The van der Waals surface area contributed by atoms with Crippen LogP contribution < -0.4 is 10.6 Å². The molecule has 2 amide bonds. The van der Waals surface area contributed by atoms with E-state index in [0.29, 0.717) is 0 Å². The summed E-state index contributed by atoms with van der Waals surface area (Å²) in [5.74, 6) is 0.115. The van der Waals surface area contributed by atoms with Gasteiger partial charge in [-0.05, 0) is 76.0 Å². The fraction of sp³-hybridized carbons (Fsp3) is 0.385. The monoisotopic (exact) mass is 419 g/mol. The molecule has 5 heteroatoms. The molecule has 0 radical (unpaired) electrons. The highest BCUT2D eigenvalue weighted by atomic mass is 16.2. The topological polar surface area (TPSA) is 61.4 Å². The minimum absolute atomic E-state index is 0.0949. The van der Waals surface area contributed by atoms with E-state index >= 15 is 0 Å². The number of amides is 2. The number of benzene rings is 2. The summed E-state index contributed by atoms with van der Waals surface area (Å²) in [6.07, 6.45) is 5.11. The number of carbonyl (C=O) groups is 2. The summed E-state index contributed by atoms with van der Waals surface area (Å²) >= 11 is 0. The van der Waals surface area contributed by atoms with E-state index in [4.69, 9.17) is 0 Å². The molecule has 5 nitrogen and oxygen atoms in total. The number of rotatable bonds is 6. The highest BCUT2D eigenvalue weighted by molar-refractivity contribution is 6.01. The largest absolute Gasteiger partial charge is 0.351 e. The SMILES string of the molecule is CC(C)(C)NC(=O)C1CCN(Cc2cccc(NC(=O)C=Cc3ccccc3)c2)CC1. The zero-order chi connectivity index (χ0) is 22.3. The summed E-state index contributed by atoms with van der Waals surface area (Å²) in [5, 5.41) is 6.03. The molecule has 2 aromatic rings. The average molecular weight is 420 g/mol. The van der Waals surface area contributed by atoms with Crippen LogP contribution in [-0.4, -0.2) is 35.3 Å². The molecule has 1 aliphatic rings. The Morgan fingerprint density at radius 2 is 1.74 bits per heavy atom. The molecular formula is C26H33N3O2. The van der Waals surface area contributed by atoms with Gasteiger partial charge in [0.2, 0.25) is 11.8 Å². The number of hydrogen-bond acceptors (Lipinski definition) is 3. The van der Waals surface area contributed by atoms with Crippen LogP contribution in [0.2, 0.25) is 0 Å². The van der Waals surface area contributed by atoms with Gasteiger partial charge in [-0.3, -0.25) is 14.5 Å². The smallest absolute Gasteiger partial charge is 0.248 e. The maximum absolute atomic E-state index is 12.4. The molecule has 1 heterocycles. The molecule has 2 aromatic carbocycles. The van der Waals surface area contributed by atoms with Crippen molar-refractivity contribution in [3.63, 3.8) is 0 Å². The molecule has 2 N–H and O–H groups in total. The van der Waals surface area contributed by atoms with E-state index in [-0.39, 0.29) is 23.3 Å². The Bertz CT molecular complexity index is 908. The Morgan fingerprint density at radius 3 is 2.42 bits per heavy atom. The van der Waals surface area contributed by atoms with E-state index in [1.807, 2.05) is 69.3 Å². The first kappa shape index (κ1) is 22.8. The van der Waals surface area contributed by atoms with E-state index in [1.165, 1.54) is 0 Å². The quantitative estimate of drug-likeness (QED) is 0.680. The summed E-state index contributed by atoms with van der Waals surface area (Å²) in [6, 6.07) is 17.7. The predicted octanol–water partition coefficient (Wildman–Crippen LogP) is 4.47. The number of carbonyl (C=O) groups excluding carboxylic acids is 2. The summed E-state index contributed by atoms with van der Waals surface area (Å²) in [6.45, 7) is 8.67. The summed E-state index contributed by atoms with van der Waals surface area (Å²) in [4.78, 5) is 27.0. The number of likely N-dealkylation sites (tertiary alicyclic amines) is 1. The third-order valence-electron chi connectivity index (χ3n) is 5.28. The second kappa shape index (κ2) is 10.4. The normalized spacial score (nSPS) is 15.7. The Morgan fingerprint density at radius 1 is 1.03 bits per heavy atom. The first-order valence-electron chi connectivity index (χ1n) is 11.0. The molecule has 0 atom stereocenters. The Hall–Kier alpha value is -2.92. The van der Waals surface area contributed by atoms with Crippen molar-refractivity contribution in [1.82, 2.24) is 10.2 Å². The zero-order valence-electron chi connectivity index (χ0n) is 18.7. The number of anilines is 1. The number of hydrogen-bond donors (Lipinski definition) is 2. The van der Waals surface area contributed by atoms with Gasteiger partial charge in [0.15, 0.2) is 0 Å². The van der Waals surface area contributed by atoms with E-state index in [0.717, 1.165) is 49.3 Å². The predicted molar refractivity (Wildman–Crippen MR) is 126 cm³/mol. The highest BCUT2D eigenvalue weighted by Crippen LogP contribution is 2.21. The van der Waals surface area contributed by atoms with E-state index in [2.05, 4.69) is 21.6 Å². The van der Waals surface area contributed by atoms with E-state index < -0.39 is 0 Å². The molecule has 0 unspecified atom stereocenters. The van der Waals surface area contributed by atoms with Crippen LogP contribution in [0.15, 0.2) is 60.7 Å². The Labute approximate surface area is 185 Å². The van der Waals surface area contributed by atoms with Gasteiger partial charge in [0.25, 0.3) is 0 Å². The first-order valence-corrected chi connectivity index (χ1v) is 11.0. The van der Waals surface area contributed by atoms with Crippen LogP contribution in [0.1, 0.15) is 44.7 Å². The zero-order valence-corrected chi connectivity index (χ0v) is 18.7. The van der Waals surface area contributed by atoms with E-state index in [9.17, 15) is 9.59 Å². The fourth-order valence-electron chi connectivity index (χ4n) is 3.75. The van der Waals surface area contributed by atoms with Crippen LogP contribution in [0.25, 0.3) is 6.08 Å². The number of nitrogens with zero attached hydrogens (tertiary/aromatic N) is 1. The highest BCUT2D eigenvalue weighted by Gasteiger charge is 2.27. The molecule has 3 rings (SSSR count). The van der Waals surface area contributed by atoms with Crippen LogP contribution in [0.5, 0.6) is 0 Å². The van der Waals surface area contributed by atoms with E-state index in [1.54, 1.807) is 12.2 Å². The Kier molecular flexibility index (Phi) is 7.64. The average Bonchev–Trinajstić information content (AvgIpc) is 2.72. The summed E-state index contributed by atoms with van der Waals surface area (Å²) in [5.41, 5.74) is 2.75. The minimum Gasteiger partial charge on any atom is -0.351 e. The van der Waals surface area contributed by atoms with Crippen molar-refractivity contribution >= 4 is 23.6 Å². The molecule has 1 aliphatic heterocycles. The Balaban J connectivity index is 1.49. The van der Waals surface area contributed by atoms with Crippen molar-refractivity contribution in [3.8, 4) is 0 Å². The molecule has 164 valence electrons. The van der Waals surface area contributed by atoms with Gasteiger partial charge in [-0.25, -0.2) is 0 Å². The molecule has 0 saturated carbocycles. The van der Waals surface area contributed by atoms with Gasteiger partial charge < -0.3 is 10.6 Å². The van der Waals surface area contributed by atoms with Crippen molar-refractivity contribution in [2.75, 3.05) is 18.4 Å². The standard InChI is InChI=1S/C26H33N3O2/c1-26(2,3)28-25(31)22-14-16-29(17-15-22)19-21-10-7-11-23(18-21)27-24(30)13-12-20-8-5-4-6-9-20/h4-13,18,22H,14-17,19H2,1-3H3,(H,27,30)(H,28,31). The molecule has 0 spiro atoms. The second-order valence-corrected chi connectivity index (χ2v) is 9.22. The third-order valence-corrected chi connectivity index (χ3v) is 5.28. The van der Waals surface area contributed by atoms with Crippen LogP contribution in [0, 0.1) is 5.92 Å². The number of piperidine rings is 1. The van der Waals surface area contributed by atoms with Gasteiger partial charge >= 0.3 is 0 Å². The van der Waals surface area contributed by atoms with Gasteiger partial charge in [-0.2, -0.15) is 0 Å². The molecule has 0 aliphatic carbocycles. The molecule has 31 heavy (non-hydrogen) atoms. The van der Waals surface area contributed by atoms with Crippen molar-refractivity contribution in [2.45, 2.75) is 45.7 Å². The van der Waals surface area contributed by atoms with Gasteiger partial charge in [0.1, 0.15) is 0 Å². The van der Waals surface area contributed by atoms with Crippen molar-refractivity contribution < 1.29 is 9.59 Å². The molecule has 1 saturated heterocycles. The van der Waals surface area contributed by atoms with Crippen LogP contribution in [-0.2, 0) is 16.1 Å². The fourth-order valence-corrected chi connectivity index (χ4v) is 3.75. The second-order valence-electron chi connectivity index (χ2n) is 9.22. The van der Waals surface area contributed by atoms with Crippen LogP contribution in [0.4, 0.5) is 5.69 Å². The minimum atomic E-state index is -0.185. The lowest BCUT2D eigenvalue weighted by atomic mass is 9.94. The van der Waals surface area contributed by atoms with Crippen LogP contribution in [0.3, 0.4) is 0 Å². The lowest BCUT2D eigenvalue weighted by Gasteiger charge is -2.33. The van der Waals surface area contributed by atoms with Crippen molar-refractivity contribution in [3.05, 3.63) is 71.8 Å². The lowest BCUT2D eigenvalue weighted by molar-refractivity contribution is -0.128. The molecule has 1 fully saturated rings. The van der Waals surface area contributed by atoms with Gasteiger partial charge in [-0.15, -0.1) is 0 Å². The van der Waals surface area contributed by atoms with Gasteiger partial charge in [0, 0.05) is 29.8 Å². The first-order chi connectivity index (χ1) is 14.8. The van der Waals surface area contributed by atoms with Gasteiger partial charge in [-0.1, -0.05) is 42.5 Å². The van der Waals surface area contributed by atoms with Gasteiger partial charge in [0.05, 0.1) is 0 Å². The van der Waals surface area contributed by atoms with Crippen molar-refractivity contribution in [1.29, 1.82) is 0 Å². The molecule has 0 bridgehead atoms. The summed E-state index contributed by atoms with van der Waals surface area (Å²) < 4.78 is 0. The van der Waals surface area contributed by atoms with Crippen LogP contribution >= 0.6 is 0 Å². The maximum Gasteiger partial charge on any atom is 0.248 e. The third kappa shape index (κ3) is 7.68. The maximum atomic E-state index is 12.4.